The van der Waals surface area contributed by atoms with Crippen LogP contribution in [0.1, 0.15) is 0 Å². The summed E-state index contributed by atoms with van der Waals surface area (Å²) in [4.78, 5) is 16.8. The summed E-state index contributed by atoms with van der Waals surface area (Å²) >= 11 is 1.69. The lowest BCUT2D eigenvalue weighted by molar-refractivity contribution is 0.467. The number of aromatic amines is 1. The molecule has 20 heavy (non-hydrogen) atoms. The van der Waals surface area contributed by atoms with E-state index in [4.69, 9.17) is 4.74 Å². The molecule has 0 bridgehead atoms. The molecule has 1 aromatic carbocycles. The largest absolute Gasteiger partial charge is 0.437 e. The van der Waals surface area contributed by atoms with Gasteiger partial charge in [-0.15, -0.1) is 11.8 Å². The Hall–Kier alpha value is -2.28. The number of nitrogens with zero attached hydrogens (tertiary/aromatic N) is 3. The third-order valence-electron chi connectivity index (χ3n) is 2.75. The van der Waals surface area contributed by atoms with Gasteiger partial charge in [0.05, 0.1) is 6.33 Å². The molecule has 0 fully saturated rings. The van der Waals surface area contributed by atoms with Gasteiger partial charge in [0.2, 0.25) is 5.95 Å². The molecule has 0 aliphatic carbocycles. The predicted octanol–water partition coefficient (Wildman–Crippen LogP) is 2.91. The lowest BCUT2D eigenvalue weighted by atomic mass is 10.3. The summed E-state index contributed by atoms with van der Waals surface area (Å²) in [6, 6.07) is 7.83. The fraction of sp³-hybridized carbons (Fsp3) is 0.154. The molecule has 0 saturated heterocycles. The van der Waals surface area contributed by atoms with Crippen LogP contribution in [0, 0.1) is 0 Å². The number of hydrogen-bond acceptors (Lipinski definition) is 6. The summed E-state index contributed by atoms with van der Waals surface area (Å²) in [5, 5.41) is 2.89. The zero-order chi connectivity index (χ0) is 13.9. The van der Waals surface area contributed by atoms with Gasteiger partial charge in [-0.05, 0) is 30.5 Å². The van der Waals surface area contributed by atoms with Crippen molar-refractivity contribution in [2.45, 2.75) is 4.90 Å². The van der Waals surface area contributed by atoms with Crippen molar-refractivity contribution in [2.75, 3.05) is 18.6 Å². The Balaban J connectivity index is 1.98. The van der Waals surface area contributed by atoms with Gasteiger partial charge in [0.1, 0.15) is 11.3 Å². The van der Waals surface area contributed by atoms with E-state index in [1.807, 2.05) is 30.5 Å². The molecule has 0 unspecified atom stereocenters. The van der Waals surface area contributed by atoms with Gasteiger partial charge in [-0.2, -0.15) is 9.97 Å². The van der Waals surface area contributed by atoms with E-state index < -0.39 is 0 Å². The third-order valence-corrected chi connectivity index (χ3v) is 3.49. The number of benzene rings is 1. The van der Waals surface area contributed by atoms with Crippen LogP contribution in [0.25, 0.3) is 11.2 Å². The number of fused-ring (bicyclic) bond motifs is 1. The van der Waals surface area contributed by atoms with E-state index in [0.717, 1.165) is 5.75 Å². The van der Waals surface area contributed by atoms with Crippen LogP contribution in [0.2, 0.25) is 0 Å². The molecule has 0 aliphatic heterocycles. The average Bonchev–Trinajstić information content (AvgIpc) is 2.96. The maximum atomic E-state index is 5.82. The van der Waals surface area contributed by atoms with Crippen molar-refractivity contribution >= 4 is 28.9 Å². The van der Waals surface area contributed by atoms with Crippen molar-refractivity contribution in [3.63, 3.8) is 0 Å². The smallest absolute Gasteiger partial charge is 0.250 e. The van der Waals surface area contributed by atoms with Crippen LogP contribution in [0.3, 0.4) is 0 Å². The zero-order valence-corrected chi connectivity index (χ0v) is 11.9. The molecule has 6 nitrogen and oxygen atoms in total. The van der Waals surface area contributed by atoms with Crippen molar-refractivity contribution < 1.29 is 4.74 Å². The van der Waals surface area contributed by atoms with Crippen molar-refractivity contribution in [2.24, 2.45) is 0 Å². The highest BCUT2D eigenvalue weighted by atomic mass is 32.2. The van der Waals surface area contributed by atoms with Crippen LogP contribution >= 0.6 is 11.8 Å². The van der Waals surface area contributed by atoms with E-state index in [-0.39, 0.29) is 0 Å². The van der Waals surface area contributed by atoms with Crippen molar-refractivity contribution in [1.82, 2.24) is 19.9 Å². The fourth-order valence-corrected chi connectivity index (χ4v) is 2.16. The molecule has 0 amide bonds. The van der Waals surface area contributed by atoms with Crippen LogP contribution in [0.5, 0.6) is 11.6 Å². The van der Waals surface area contributed by atoms with Gasteiger partial charge in [-0.3, -0.25) is 0 Å². The molecule has 3 aromatic rings. The monoisotopic (exact) mass is 287 g/mol. The van der Waals surface area contributed by atoms with Gasteiger partial charge in [-0.25, -0.2) is 4.98 Å². The summed E-state index contributed by atoms with van der Waals surface area (Å²) in [6.07, 6.45) is 3.61. The Bertz CT molecular complexity index is 725. The first-order chi connectivity index (χ1) is 9.80. The molecular weight excluding hydrogens is 274 g/mol. The van der Waals surface area contributed by atoms with Crippen LogP contribution in [0.4, 0.5) is 5.95 Å². The first kappa shape index (κ1) is 12.7. The molecular formula is C13H13N5OS. The molecule has 0 spiro atoms. The number of imidazole rings is 1. The number of rotatable bonds is 4. The molecule has 102 valence electrons. The molecule has 0 aliphatic rings. The normalized spacial score (nSPS) is 10.7. The predicted molar refractivity (Wildman–Crippen MR) is 79.5 cm³/mol. The van der Waals surface area contributed by atoms with Crippen molar-refractivity contribution in [3.8, 4) is 11.6 Å². The molecule has 2 N–H and O–H groups in total. The number of anilines is 1. The standard InChI is InChI=1S/C13H13N5OS/c1-14-13-17-11-10(15-7-16-11)12(18-13)19-8-3-5-9(20-2)6-4-8/h3-7H,1-2H3,(H2,14,15,16,17,18). The minimum absolute atomic E-state index is 0.453. The summed E-state index contributed by atoms with van der Waals surface area (Å²) < 4.78 is 5.82. The van der Waals surface area contributed by atoms with Gasteiger partial charge in [0.15, 0.2) is 5.65 Å². The highest BCUT2D eigenvalue weighted by molar-refractivity contribution is 7.98. The average molecular weight is 287 g/mol. The molecule has 0 saturated carbocycles. The summed E-state index contributed by atoms with van der Waals surface area (Å²) in [5.74, 6) is 1.65. The molecule has 7 heteroatoms. The first-order valence-corrected chi connectivity index (χ1v) is 7.23. The summed E-state index contributed by atoms with van der Waals surface area (Å²) in [7, 11) is 1.75. The van der Waals surface area contributed by atoms with Crippen LogP contribution in [0.15, 0.2) is 35.5 Å². The van der Waals surface area contributed by atoms with Crippen molar-refractivity contribution in [3.05, 3.63) is 30.6 Å². The fourth-order valence-electron chi connectivity index (χ4n) is 1.75. The van der Waals surface area contributed by atoms with Gasteiger partial charge < -0.3 is 15.0 Å². The Morgan fingerprint density at radius 1 is 1.20 bits per heavy atom. The molecule has 0 atom stereocenters. The SMILES string of the molecule is CNc1nc(Oc2ccc(SC)cc2)c2[nH]cnc2n1. The minimum Gasteiger partial charge on any atom is -0.437 e. The number of nitrogens with one attached hydrogen (secondary N) is 2. The van der Waals surface area contributed by atoms with Crippen LogP contribution in [-0.2, 0) is 0 Å². The first-order valence-electron chi connectivity index (χ1n) is 6.01. The van der Waals surface area contributed by atoms with Gasteiger partial charge in [-0.1, -0.05) is 0 Å². The molecule has 3 rings (SSSR count). The van der Waals surface area contributed by atoms with E-state index in [9.17, 15) is 0 Å². The topological polar surface area (TPSA) is 75.7 Å². The second-order valence-electron chi connectivity index (χ2n) is 3.98. The van der Waals surface area contributed by atoms with Gasteiger partial charge in [0.25, 0.3) is 5.88 Å². The van der Waals surface area contributed by atoms with Gasteiger partial charge in [0, 0.05) is 11.9 Å². The Kier molecular flexibility index (Phi) is 3.42. The zero-order valence-electron chi connectivity index (χ0n) is 11.0. The molecule has 0 radical (unpaired) electrons. The highest BCUT2D eigenvalue weighted by Gasteiger charge is 2.11. The summed E-state index contributed by atoms with van der Waals surface area (Å²) in [6.45, 7) is 0. The van der Waals surface area contributed by atoms with E-state index in [2.05, 4.69) is 25.3 Å². The van der Waals surface area contributed by atoms with Gasteiger partial charge >= 0.3 is 0 Å². The maximum absolute atomic E-state index is 5.82. The van der Waals surface area contributed by atoms with Crippen LogP contribution in [-0.4, -0.2) is 33.2 Å². The molecule has 2 aromatic heterocycles. The lowest BCUT2D eigenvalue weighted by Gasteiger charge is -2.07. The quantitative estimate of drug-likeness (QED) is 0.719. The summed E-state index contributed by atoms with van der Waals surface area (Å²) in [5.41, 5.74) is 1.25. The van der Waals surface area contributed by atoms with E-state index in [1.165, 1.54) is 4.90 Å². The maximum Gasteiger partial charge on any atom is 0.250 e. The minimum atomic E-state index is 0.453. The Labute approximate surface area is 120 Å². The Morgan fingerprint density at radius 2 is 2.00 bits per heavy atom. The second kappa shape index (κ2) is 5.38. The number of hydrogen-bond donors (Lipinski definition) is 2. The number of thioether (sulfide) groups is 1. The third kappa shape index (κ3) is 2.39. The van der Waals surface area contributed by atoms with Crippen molar-refractivity contribution in [1.29, 1.82) is 0 Å². The number of H-pyrrole nitrogens is 1. The van der Waals surface area contributed by atoms with Crippen LogP contribution < -0.4 is 10.1 Å². The highest BCUT2D eigenvalue weighted by Crippen LogP contribution is 2.27. The number of ether oxygens (including phenoxy) is 1. The second-order valence-corrected chi connectivity index (χ2v) is 4.86. The molecule has 2 heterocycles. The van der Waals surface area contributed by atoms with E-state index >= 15 is 0 Å². The lowest BCUT2D eigenvalue weighted by Crippen LogP contribution is -1.99. The number of aromatic nitrogens is 4. The van der Waals surface area contributed by atoms with E-state index in [0.29, 0.717) is 23.0 Å². The Morgan fingerprint density at radius 3 is 2.70 bits per heavy atom. The van der Waals surface area contributed by atoms with E-state index in [1.54, 1.807) is 25.1 Å².